The zero-order chi connectivity index (χ0) is 97.7. The number of hydrogen-bond donors (Lipinski definition) is 10. The van der Waals surface area contributed by atoms with E-state index >= 15 is 0 Å². The smallest absolute Gasteiger partial charge is 0.454 e. The minimum absolute atomic E-state index is 0. The number of aliphatic hydroxyl groups is 10. The summed E-state index contributed by atoms with van der Waals surface area (Å²) in [6.07, 6.45) is -25.5. The summed E-state index contributed by atoms with van der Waals surface area (Å²) in [5.74, 6) is -16.2. The Hall–Kier alpha value is -4.99. The first-order valence-electron chi connectivity index (χ1n) is 34.4. The van der Waals surface area contributed by atoms with Crippen molar-refractivity contribution in [2.24, 2.45) is 16.2 Å². The maximum Gasteiger partial charge on any atom is 0.454 e. The summed E-state index contributed by atoms with van der Waals surface area (Å²) in [6.45, 7) is 59.7. The van der Waals surface area contributed by atoms with Gasteiger partial charge in [0.05, 0.1) is 57.0 Å². The van der Waals surface area contributed by atoms with E-state index in [2.05, 4.69) is 83.1 Å². The van der Waals surface area contributed by atoms with Crippen molar-refractivity contribution in [2.45, 2.75) is 293 Å². The SMILES string of the molecule is CC(=O)C=C(C)O.CC(=O)C=C(C)O.CC(=O)C=C(C)O.CC(=O)C=C(C)O.CC(=O)C=C(O)C(C)(C)C.CC(=O)C=C(O)C(F)(F)F.CC(=O)C=C(O)C(F)(F)F.CC(C)(C)C(=O)C=C(O)C(C)(C)C.CC(C)[PH+](C(C)C)C(C)C.CC(C)[PH+](C(C)C)C(C)C.O=C(C=C(O)C(F)(F)F)C(F)(F)F.O=C(C=C(O)C(F)(F)F)C(F)(F)F.[Pd].[Pd].[Pd].[Pd].[Pd]. The van der Waals surface area contributed by atoms with E-state index < -0.39 is 101 Å². The van der Waals surface area contributed by atoms with Crippen LogP contribution in [0.2, 0.25) is 0 Å². The molecular weight excluding hydrogens is 2180 g/mol. The van der Waals surface area contributed by atoms with Crippen LogP contribution >= 0.6 is 15.8 Å². The third-order valence-electron chi connectivity index (χ3n) is 11.5. The maximum absolute atomic E-state index is 11.5. The predicted octanol–water partition coefficient (Wildman–Crippen LogP) is 23.5. The van der Waals surface area contributed by atoms with Crippen LogP contribution in [0.5, 0.6) is 0 Å². The van der Waals surface area contributed by atoms with Crippen LogP contribution in [-0.4, -0.2) is 180 Å². The van der Waals surface area contributed by atoms with E-state index in [1.165, 1.54) is 98.8 Å². The summed E-state index contributed by atoms with van der Waals surface area (Å²) in [5, 5.41) is 84.2. The number of allylic oxidation sites excluding steroid dienone is 20. The molecule has 122 heavy (non-hydrogen) atoms. The Balaban J connectivity index is -0.0000000659. The Morgan fingerprint density at radius 2 is 0.328 bits per heavy atom. The van der Waals surface area contributed by atoms with E-state index in [9.17, 15) is 137 Å². The third kappa shape index (κ3) is 117. The average Bonchev–Trinajstić information content (AvgIpc) is 0.876. The molecule has 0 amide bonds. The van der Waals surface area contributed by atoms with Crippen molar-refractivity contribution in [3.05, 3.63) is 118 Å². The molecule has 0 unspecified atom stereocenters. The molecule has 0 aromatic carbocycles. The van der Waals surface area contributed by atoms with E-state index in [-0.39, 0.29) is 210 Å². The van der Waals surface area contributed by atoms with E-state index in [1.807, 2.05) is 62.3 Å². The van der Waals surface area contributed by atoms with Gasteiger partial charge in [0, 0.05) is 195 Å². The molecule has 0 radical (unpaired) electrons. The Kier molecular flexibility index (Phi) is 96.8. The van der Waals surface area contributed by atoms with Gasteiger partial charge in [-0.15, -0.1) is 0 Å². The van der Waals surface area contributed by atoms with Crippen molar-refractivity contribution >= 4 is 73.7 Å². The molecule has 0 aromatic rings. The van der Waals surface area contributed by atoms with Gasteiger partial charge >= 0.3 is 37.1 Å². The average molecular weight is 2310 g/mol. The van der Waals surface area contributed by atoms with Crippen molar-refractivity contribution in [1.82, 2.24) is 0 Å². The fourth-order valence-corrected chi connectivity index (χ4v) is 15.3. The van der Waals surface area contributed by atoms with Crippen LogP contribution in [0, 0.1) is 16.2 Å². The van der Waals surface area contributed by atoms with Gasteiger partial charge in [0.15, 0.2) is 46.3 Å². The molecule has 0 saturated carbocycles. The molecule has 0 rings (SSSR count). The summed E-state index contributed by atoms with van der Waals surface area (Å²) in [7, 11) is -0.191. The summed E-state index contributed by atoms with van der Waals surface area (Å²) < 4.78 is 204. The molecule has 20 nitrogen and oxygen atoms in total. The molecule has 0 fully saturated rings. The fourth-order valence-electron chi connectivity index (χ4n) is 7.27. The zero-order valence-electron chi connectivity index (χ0n) is 73.7. The largest absolute Gasteiger partial charge is 0.512 e. The molecule has 10 N–H and O–H groups in total. The van der Waals surface area contributed by atoms with Gasteiger partial charge in [0.2, 0.25) is 23.0 Å². The van der Waals surface area contributed by atoms with Crippen LogP contribution in [0.25, 0.3) is 0 Å². The van der Waals surface area contributed by atoms with E-state index in [0.717, 1.165) is 47.8 Å². The first-order chi connectivity index (χ1) is 51.1. The second-order valence-corrected chi connectivity index (χ2v) is 38.3. The van der Waals surface area contributed by atoms with Crippen molar-refractivity contribution in [3.8, 4) is 0 Å². The Labute approximate surface area is 775 Å². The Bertz CT molecular complexity index is 2970. The molecule has 736 valence electrons. The normalized spacial score (nSPS) is 12.6. The number of halogens is 18. The summed E-state index contributed by atoms with van der Waals surface area (Å²) in [4.78, 5) is 102. The molecule has 0 heterocycles. The third-order valence-corrected chi connectivity index (χ3v) is 19.5. The number of hydrogen-bond acceptors (Lipinski definition) is 20. The van der Waals surface area contributed by atoms with Gasteiger partial charge in [-0.25, -0.2) is 0 Å². The number of rotatable bonds is 16. The molecule has 0 spiro atoms. The minimum Gasteiger partial charge on any atom is -0.512 e. The van der Waals surface area contributed by atoms with Gasteiger partial charge in [-0.3, -0.25) is 47.9 Å². The van der Waals surface area contributed by atoms with Crippen molar-refractivity contribution < 1.29 is 280 Å². The number of carbonyl (C=O) groups excluding carboxylic acids is 10. The second kappa shape index (κ2) is 75.0. The van der Waals surface area contributed by atoms with Gasteiger partial charge in [-0.05, 0) is 159 Å². The molecule has 0 atom stereocenters. The molecule has 45 heteroatoms. The van der Waals surface area contributed by atoms with Crippen LogP contribution in [0.1, 0.15) is 222 Å². The van der Waals surface area contributed by atoms with E-state index in [1.54, 1.807) is 0 Å². The number of ketones is 10. The summed E-state index contributed by atoms with van der Waals surface area (Å²) in [5.41, 5.74) is 4.53. The predicted molar refractivity (Wildman–Crippen MR) is 422 cm³/mol. The fraction of sp³-hybridized carbons (Fsp3) is 0.610. The van der Waals surface area contributed by atoms with Gasteiger partial charge in [0.25, 0.3) is 11.6 Å². The molecule has 0 saturated heterocycles. The van der Waals surface area contributed by atoms with Crippen LogP contribution < -0.4 is 0 Å². The van der Waals surface area contributed by atoms with E-state index in [4.69, 9.17) is 40.9 Å². The molecule has 0 aliphatic heterocycles. The Morgan fingerprint density at radius 3 is 0.393 bits per heavy atom. The molecular formula is C77H124F18O20P2Pd5+2. The zero-order valence-corrected chi connectivity index (χ0v) is 83.4. The van der Waals surface area contributed by atoms with E-state index in [0.29, 0.717) is 0 Å². The quantitative estimate of drug-likeness (QED) is 0.0226. The minimum atomic E-state index is -5.42. The van der Waals surface area contributed by atoms with Gasteiger partial charge in [-0.1, -0.05) is 62.3 Å². The summed E-state index contributed by atoms with van der Waals surface area (Å²) in [6, 6.07) is 0. The van der Waals surface area contributed by atoms with Crippen molar-refractivity contribution in [2.75, 3.05) is 0 Å². The molecule has 0 aromatic heterocycles. The first-order valence-corrected chi connectivity index (χ1v) is 37.8. The number of aliphatic hydroxyl groups excluding tert-OH is 10. The molecule has 0 bridgehead atoms. The van der Waals surface area contributed by atoms with Crippen LogP contribution in [-0.2, 0) is 150 Å². The topological polar surface area (TPSA) is 373 Å². The van der Waals surface area contributed by atoms with Crippen LogP contribution in [0.15, 0.2) is 118 Å². The first kappa shape index (κ1) is 157. The van der Waals surface area contributed by atoms with Crippen LogP contribution in [0.3, 0.4) is 0 Å². The van der Waals surface area contributed by atoms with Gasteiger partial charge < -0.3 is 51.1 Å². The van der Waals surface area contributed by atoms with Crippen molar-refractivity contribution in [3.63, 3.8) is 0 Å². The van der Waals surface area contributed by atoms with Gasteiger partial charge in [0.1, 0.15) is 11.5 Å². The van der Waals surface area contributed by atoms with Crippen molar-refractivity contribution in [1.29, 1.82) is 0 Å². The monoisotopic (exact) mass is 2300 g/mol. The Morgan fingerprint density at radius 1 is 0.205 bits per heavy atom. The standard InChI is InChI=1S/C11H20O2.2C9H21P.C8H14O2.2C5H2F6O2.2C5H5F3O2.4C5H8O2.5Pd/c1-10(2,3)8(12)7-9(13)11(4,5)6;2*1-7(2)10(8(3)4)9(5)6;1-6(9)5-7(10)8(2,3)4;2*6-4(7,8)2(12)1-3(13)5(9,10)11;2*1-3(9)2-4(10)5(6,7)8;4*1-4(6)3-5(2)7;;;;;/h7,12H,1-6H3;2*7-9H,1-6H3;5,10H,1-4H3;2*1,12H;2*2,10H,1H3;4*3,6H,1-2H3;;;;;/p+2. The van der Waals surface area contributed by atoms with Crippen LogP contribution in [0.4, 0.5) is 79.0 Å². The van der Waals surface area contributed by atoms with Gasteiger partial charge in [-0.2, -0.15) is 79.0 Å². The number of carbonyl (C=O) groups is 10. The second-order valence-electron chi connectivity index (χ2n) is 29.4. The maximum atomic E-state index is 11.5. The molecule has 0 aliphatic carbocycles. The molecule has 0 aliphatic rings. The summed E-state index contributed by atoms with van der Waals surface area (Å²) >= 11 is 0. The number of alkyl halides is 18.